The van der Waals surface area contributed by atoms with E-state index in [1.54, 1.807) is 35.0 Å². The fourth-order valence-electron chi connectivity index (χ4n) is 3.41. The second kappa shape index (κ2) is 8.90. The second-order valence-corrected chi connectivity index (χ2v) is 7.75. The van der Waals surface area contributed by atoms with Gasteiger partial charge in [-0.05, 0) is 54.4 Å². The third kappa shape index (κ3) is 4.26. The average molecular weight is 469 g/mol. The molecule has 0 aliphatic carbocycles. The summed E-state index contributed by atoms with van der Waals surface area (Å²) in [5, 5.41) is 20.2. The minimum Gasteiger partial charge on any atom is -0.476 e. The number of anilines is 2. The molecule has 0 fully saturated rings. The summed E-state index contributed by atoms with van der Waals surface area (Å²) in [5.41, 5.74) is 3.46. The Labute approximate surface area is 193 Å². The molecule has 1 heterocycles. The summed E-state index contributed by atoms with van der Waals surface area (Å²) in [4.78, 5) is 23.9. The number of hydrogen-bond acceptors (Lipinski definition) is 3. The monoisotopic (exact) mass is 468 g/mol. The van der Waals surface area contributed by atoms with Crippen molar-refractivity contribution in [2.75, 3.05) is 10.6 Å². The van der Waals surface area contributed by atoms with Gasteiger partial charge in [0.05, 0.1) is 21.2 Å². The van der Waals surface area contributed by atoms with Crippen molar-refractivity contribution in [1.29, 1.82) is 0 Å². The zero-order chi connectivity index (χ0) is 22.8. The van der Waals surface area contributed by atoms with Gasteiger partial charge in [0.25, 0.3) is 0 Å². The van der Waals surface area contributed by atoms with Gasteiger partial charge in [-0.3, -0.25) is 4.68 Å². The summed E-state index contributed by atoms with van der Waals surface area (Å²) in [7, 11) is 0. The number of amides is 2. The standard InChI is InChI=1S/C23H18Cl2N4O3/c1-2-29-19-12-14(9-10-16(19)21(28-29)22(30)31)13-5-3-6-15(11-13)26-23(32)27-18-8-4-7-17(24)20(18)25/h3-12H,2H2,1H3,(H,30,31)(H2,26,27,32). The highest BCUT2D eigenvalue weighted by atomic mass is 35.5. The van der Waals surface area contributed by atoms with Crippen LogP contribution < -0.4 is 10.6 Å². The van der Waals surface area contributed by atoms with E-state index in [9.17, 15) is 14.7 Å². The number of aryl methyl sites for hydroxylation is 1. The fourth-order valence-corrected chi connectivity index (χ4v) is 3.76. The van der Waals surface area contributed by atoms with Gasteiger partial charge in [-0.25, -0.2) is 9.59 Å². The predicted molar refractivity (Wildman–Crippen MR) is 127 cm³/mol. The molecule has 1 aromatic heterocycles. The minimum absolute atomic E-state index is 0.0279. The molecule has 0 spiro atoms. The molecule has 7 nitrogen and oxygen atoms in total. The number of benzene rings is 3. The molecule has 162 valence electrons. The van der Waals surface area contributed by atoms with Crippen LogP contribution in [-0.2, 0) is 6.54 Å². The Bertz CT molecular complexity index is 1350. The van der Waals surface area contributed by atoms with E-state index in [1.807, 2.05) is 37.3 Å². The van der Waals surface area contributed by atoms with Crippen molar-refractivity contribution in [2.24, 2.45) is 0 Å². The summed E-state index contributed by atoms with van der Waals surface area (Å²) in [5.74, 6) is -1.06. The third-order valence-electron chi connectivity index (χ3n) is 4.91. The van der Waals surface area contributed by atoms with E-state index in [2.05, 4.69) is 15.7 Å². The number of carboxylic acids is 1. The predicted octanol–water partition coefficient (Wildman–Crippen LogP) is 6.37. The smallest absolute Gasteiger partial charge is 0.357 e. The van der Waals surface area contributed by atoms with E-state index in [1.165, 1.54) is 0 Å². The molecule has 0 unspecified atom stereocenters. The van der Waals surface area contributed by atoms with Gasteiger partial charge in [-0.1, -0.05) is 47.5 Å². The number of carbonyl (C=O) groups excluding carboxylic acids is 1. The van der Waals surface area contributed by atoms with E-state index in [-0.39, 0.29) is 10.7 Å². The van der Waals surface area contributed by atoms with E-state index in [4.69, 9.17) is 23.2 Å². The van der Waals surface area contributed by atoms with Crippen LogP contribution in [0, 0.1) is 0 Å². The molecule has 9 heteroatoms. The zero-order valence-corrected chi connectivity index (χ0v) is 18.4. The molecule has 3 aromatic carbocycles. The number of carboxylic acid groups (broad SMARTS) is 1. The largest absolute Gasteiger partial charge is 0.476 e. The SMILES string of the molecule is CCn1nc(C(=O)O)c2ccc(-c3cccc(NC(=O)Nc4cccc(Cl)c4Cl)c3)cc21. The van der Waals surface area contributed by atoms with Crippen LogP contribution in [0.1, 0.15) is 17.4 Å². The number of aromatic carboxylic acids is 1. The molecule has 0 aliphatic heterocycles. The van der Waals surface area contributed by atoms with Crippen molar-refractivity contribution in [1.82, 2.24) is 9.78 Å². The summed E-state index contributed by atoms with van der Waals surface area (Å²) in [6, 6.07) is 17.3. The van der Waals surface area contributed by atoms with Crippen LogP contribution >= 0.6 is 23.2 Å². The molecule has 3 N–H and O–H groups in total. The minimum atomic E-state index is -1.06. The normalized spacial score (nSPS) is 10.8. The van der Waals surface area contributed by atoms with Gasteiger partial charge in [-0.2, -0.15) is 5.10 Å². The van der Waals surface area contributed by atoms with Crippen LogP contribution in [0.3, 0.4) is 0 Å². The number of hydrogen-bond donors (Lipinski definition) is 3. The number of urea groups is 1. The number of nitrogens with one attached hydrogen (secondary N) is 2. The molecule has 0 aliphatic rings. The lowest BCUT2D eigenvalue weighted by Crippen LogP contribution is -2.19. The lowest BCUT2D eigenvalue weighted by atomic mass is 10.0. The second-order valence-electron chi connectivity index (χ2n) is 6.96. The number of nitrogens with zero attached hydrogens (tertiary/aromatic N) is 2. The number of aromatic nitrogens is 2. The molecule has 0 radical (unpaired) electrons. The number of halogens is 2. The molecule has 4 rings (SSSR count). The quantitative estimate of drug-likeness (QED) is 0.316. The maximum Gasteiger partial charge on any atom is 0.357 e. The zero-order valence-electron chi connectivity index (χ0n) is 16.9. The van der Waals surface area contributed by atoms with Gasteiger partial charge in [0.15, 0.2) is 5.69 Å². The van der Waals surface area contributed by atoms with Crippen molar-refractivity contribution in [3.05, 3.63) is 76.4 Å². The number of carbonyl (C=O) groups is 2. The average Bonchev–Trinajstić information content (AvgIpc) is 3.15. The van der Waals surface area contributed by atoms with Gasteiger partial charge in [0, 0.05) is 17.6 Å². The van der Waals surface area contributed by atoms with Gasteiger partial charge in [-0.15, -0.1) is 0 Å². The van der Waals surface area contributed by atoms with Gasteiger partial charge >= 0.3 is 12.0 Å². The van der Waals surface area contributed by atoms with Crippen LogP contribution in [-0.4, -0.2) is 26.9 Å². The van der Waals surface area contributed by atoms with Crippen LogP contribution in [0.15, 0.2) is 60.7 Å². The lowest BCUT2D eigenvalue weighted by molar-refractivity contribution is 0.0691. The summed E-state index contributed by atoms with van der Waals surface area (Å²) < 4.78 is 1.66. The lowest BCUT2D eigenvalue weighted by Gasteiger charge is -2.11. The van der Waals surface area contributed by atoms with Crippen LogP contribution in [0.4, 0.5) is 16.2 Å². The Hall–Kier alpha value is -3.55. The third-order valence-corrected chi connectivity index (χ3v) is 5.73. The van der Waals surface area contributed by atoms with E-state index < -0.39 is 12.0 Å². The highest BCUT2D eigenvalue weighted by Gasteiger charge is 2.16. The van der Waals surface area contributed by atoms with Crippen molar-refractivity contribution >= 4 is 57.5 Å². The maximum absolute atomic E-state index is 12.4. The van der Waals surface area contributed by atoms with Gasteiger partial charge in [0.1, 0.15) is 0 Å². The molecule has 2 amide bonds. The first-order valence-electron chi connectivity index (χ1n) is 9.73. The van der Waals surface area contributed by atoms with Crippen LogP contribution in [0.5, 0.6) is 0 Å². The van der Waals surface area contributed by atoms with E-state index in [0.29, 0.717) is 28.3 Å². The first-order valence-corrected chi connectivity index (χ1v) is 10.5. The van der Waals surface area contributed by atoms with Crippen molar-refractivity contribution < 1.29 is 14.7 Å². The highest BCUT2D eigenvalue weighted by molar-refractivity contribution is 6.44. The summed E-state index contributed by atoms with van der Waals surface area (Å²) >= 11 is 12.1. The molecule has 4 aromatic rings. The molecule has 0 atom stereocenters. The highest BCUT2D eigenvalue weighted by Crippen LogP contribution is 2.30. The van der Waals surface area contributed by atoms with Gasteiger partial charge in [0.2, 0.25) is 0 Å². The first kappa shape index (κ1) is 21.7. The topological polar surface area (TPSA) is 96.2 Å². The maximum atomic E-state index is 12.4. The number of rotatable bonds is 5. The Morgan fingerprint density at radius 2 is 1.75 bits per heavy atom. The Kier molecular flexibility index (Phi) is 6.03. The molecule has 0 saturated heterocycles. The summed E-state index contributed by atoms with van der Waals surface area (Å²) in [6.07, 6.45) is 0. The molecular weight excluding hydrogens is 451 g/mol. The Morgan fingerprint density at radius 3 is 2.50 bits per heavy atom. The fraction of sp³-hybridized carbons (Fsp3) is 0.0870. The molecule has 0 bridgehead atoms. The molecule has 0 saturated carbocycles. The van der Waals surface area contributed by atoms with Crippen molar-refractivity contribution in [3.8, 4) is 11.1 Å². The Morgan fingerprint density at radius 1 is 1.00 bits per heavy atom. The molecular formula is C23H18Cl2N4O3. The first-order chi connectivity index (χ1) is 15.4. The number of fused-ring (bicyclic) bond motifs is 1. The van der Waals surface area contributed by atoms with Crippen molar-refractivity contribution in [3.63, 3.8) is 0 Å². The van der Waals surface area contributed by atoms with Crippen LogP contribution in [0.25, 0.3) is 22.0 Å². The summed E-state index contributed by atoms with van der Waals surface area (Å²) in [6.45, 7) is 2.45. The van der Waals surface area contributed by atoms with Crippen molar-refractivity contribution in [2.45, 2.75) is 13.5 Å². The van der Waals surface area contributed by atoms with E-state index >= 15 is 0 Å². The Balaban J connectivity index is 1.60. The van der Waals surface area contributed by atoms with E-state index in [0.717, 1.165) is 16.6 Å². The van der Waals surface area contributed by atoms with Gasteiger partial charge < -0.3 is 15.7 Å². The van der Waals surface area contributed by atoms with Crippen LogP contribution in [0.2, 0.25) is 10.0 Å². The molecule has 32 heavy (non-hydrogen) atoms.